The monoisotopic (exact) mass is 438 g/mol. The molecule has 0 saturated heterocycles. The van der Waals surface area contributed by atoms with Crippen molar-refractivity contribution >= 4 is 21.9 Å². The molecule has 8 heteroatoms. The van der Waals surface area contributed by atoms with Gasteiger partial charge in [0, 0.05) is 19.2 Å². The third-order valence-electron chi connectivity index (χ3n) is 4.76. The van der Waals surface area contributed by atoms with E-state index in [0.29, 0.717) is 5.56 Å². The first-order valence-electron chi connectivity index (χ1n) is 9.48. The summed E-state index contributed by atoms with van der Waals surface area (Å²) < 4.78 is 27.9. The maximum absolute atomic E-state index is 13.0. The highest BCUT2D eigenvalue weighted by Gasteiger charge is 2.29. The highest BCUT2D eigenvalue weighted by molar-refractivity contribution is 7.89. The molecule has 2 N–H and O–H groups in total. The van der Waals surface area contributed by atoms with Crippen molar-refractivity contribution in [1.29, 1.82) is 0 Å². The van der Waals surface area contributed by atoms with Crippen LogP contribution in [0.1, 0.15) is 27.5 Å². The molecule has 0 bridgehead atoms. The summed E-state index contributed by atoms with van der Waals surface area (Å²) in [5.41, 5.74) is 1.32. The zero-order chi connectivity index (χ0) is 22.4. The molecule has 3 rings (SSSR count). The van der Waals surface area contributed by atoms with Gasteiger partial charge in [0.1, 0.15) is 0 Å². The number of nitrogens with one attached hydrogen (secondary N) is 1. The lowest BCUT2D eigenvalue weighted by Crippen LogP contribution is -2.36. The number of amides is 1. The molecule has 0 aliphatic rings. The minimum absolute atomic E-state index is 0.0748. The number of rotatable bonds is 8. The summed E-state index contributed by atoms with van der Waals surface area (Å²) in [5.74, 6) is -1.79. The topological polar surface area (TPSA) is 104 Å². The lowest BCUT2D eigenvalue weighted by atomic mass is 10.0. The van der Waals surface area contributed by atoms with E-state index in [1.807, 2.05) is 18.2 Å². The maximum atomic E-state index is 13.0. The van der Waals surface area contributed by atoms with Crippen molar-refractivity contribution in [2.24, 2.45) is 0 Å². The first-order valence-corrected chi connectivity index (χ1v) is 11.0. The first kappa shape index (κ1) is 22.2. The van der Waals surface area contributed by atoms with Gasteiger partial charge in [0.05, 0.1) is 4.90 Å². The normalized spacial score (nSPS) is 12.2. The van der Waals surface area contributed by atoms with E-state index in [0.717, 1.165) is 10.5 Å². The van der Waals surface area contributed by atoms with Gasteiger partial charge in [-0.05, 0) is 29.3 Å². The van der Waals surface area contributed by atoms with E-state index in [1.54, 1.807) is 42.5 Å². The fourth-order valence-corrected chi connectivity index (χ4v) is 4.21. The number of carbonyl (C=O) groups is 2. The van der Waals surface area contributed by atoms with Crippen LogP contribution in [0.15, 0.2) is 89.8 Å². The van der Waals surface area contributed by atoms with Gasteiger partial charge < -0.3 is 10.0 Å². The quantitative estimate of drug-likeness (QED) is 0.563. The SMILES string of the molecule is CN(C(=O)c1cccc(S(=O)(=O)NCc2ccccc2)c1)C(C(=O)O)c1ccccc1. The molecule has 0 heterocycles. The Kier molecular flexibility index (Phi) is 6.84. The number of aliphatic carboxylic acids is 1. The van der Waals surface area contributed by atoms with Crippen molar-refractivity contribution in [3.8, 4) is 0 Å². The van der Waals surface area contributed by atoms with Crippen molar-refractivity contribution < 1.29 is 23.1 Å². The Labute approximate surface area is 181 Å². The molecule has 1 unspecified atom stereocenters. The largest absolute Gasteiger partial charge is 0.479 e. The molecule has 0 spiro atoms. The van der Waals surface area contributed by atoms with E-state index in [2.05, 4.69) is 4.72 Å². The number of carbonyl (C=O) groups excluding carboxylic acids is 1. The number of likely N-dealkylation sites (N-methyl/N-ethyl adjacent to an activating group) is 1. The second-order valence-electron chi connectivity index (χ2n) is 6.91. The molecule has 0 radical (unpaired) electrons. The van der Waals surface area contributed by atoms with Crippen LogP contribution < -0.4 is 4.72 Å². The average molecular weight is 439 g/mol. The Bertz CT molecular complexity index is 1160. The third-order valence-corrected chi connectivity index (χ3v) is 6.16. The summed E-state index contributed by atoms with van der Waals surface area (Å²) in [4.78, 5) is 25.8. The van der Waals surface area contributed by atoms with Gasteiger partial charge in [0.25, 0.3) is 5.91 Å². The molecule has 3 aromatic carbocycles. The number of hydrogen-bond acceptors (Lipinski definition) is 4. The van der Waals surface area contributed by atoms with Crippen molar-refractivity contribution in [3.05, 3.63) is 102 Å². The van der Waals surface area contributed by atoms with Crippen LogP contribution >= 0.6 is 0 Å². The summed E-state index contributed by atoms with van der Waals surface area (Å²) >= 11 is 0. The Hall–Kier alpha value is -3.49. The molecule has 0 aromatic heterocycles. The molecule has 0 aliphatic carbocycles. The van der Waals surface area contributed by atoms with Crippen LogP contribution in [0.4, 0.5) is 0 Å². The van der Waals surface area contributed by atoms with Gasteiger partial charge in [0.2, 0.25) is 10.0 Å². The van der Waals surface area contributed by atoms with Crippen LogP contribution in [-0.4, -0.2) is 37.3 Å². The number of carboxylic acid groups (broad SMARTS) is 1. The van der Waals surface area contributed by atoms with Gasteiger partial charge in [-0.2, -0.15) is 0 Å². The van der Waals surface area contributed by atoms with E-state index in [-0.39, 0.29) is 17.0 Å². The minimum Gasteiger partial charge on any atom is -0.479 e. The van der Waals surface area contributed by atoms with Crippen molar-refractivity contribution in [1.82, 2.24) is 9.62 Å². The van der Waals surface area contributed by atoms with Crippen molar-refractivity contribution in [3.63, 3.8) is 0 Å². The maximum Gasteiger partial charge on any atom is 0.331 e. The van der Waals surface area contributed by atoms with Crippen LogP contribution in [0.3, 0.4) is 0 Å². The molecule has 31 heavy (non-hydrogen) atoms. The molecule has 0 fully saturated rings. The Balaban J connectivity index is 1.82. The number of sulfonamides is 1. The van der Waals surface area contributed by atoms with E-state index < -0.39 is 27.9 Å². The van der Waals surface area contributed by atoms with Gasteiger partial charge in [-0.3, -0.25) is 4.79 Å². The predicted octanol–water partition coefficient (Wildman–Crippen LogP) is 3.06. The zero-order valence-corrected chi connectivity index (χ0v) is 17.6. The molecular formula is C23H22N2O5S. The van der Waals surface area contributed by atoms with E-state index in [1.165, 1.54) is 31.3 Å². The van der Waals surface area contributed by atoms with Crippen LogP contribution in [0.2, 0.25) is 0 Å². The Morgan fingerprint density at radius 1 is 0.935 bits per heavy atom. The number of nitrogens with zero attached hydrogens (tertiary/aromatic N) is 1. The van der Waals surface area contributed by atoms with Crippen LogP contribution in [0, 0.1) is 0 Å². The molecule has 160 valence electrons. The number of hydrogen-bond donors (Lipinski definition) is 2. The molecule has 0 aliphatic heterocycles. The van der Waals surface area contributed by atoms with Crippen LogP contribution in [-0.2, 0) is 21.4 Å². The minimum atomic E-state index is -3.87. The summed E-state index contributed by atoms with van der Waals surface area (Å²) in [7, 11) is -2.49. The van der Waals surface area contributed by atoms with Gasteiger partial charge >= 0.3 is 5.97 Å². The fourth-order valence-electron chi connectivity index (χ4n) is 3.14. The zero-order valence-electron chi connectivity index (χ0n) is 16.8. The van der Waals surface area contributed by atoms with Gasteiger partial charge in [0.15, 0.2) is 6.04 Å². The van der Waals surface area contributed by atoms with E-state index >= 15 is 0 Å². The van der Waals surface area contributed by atoms with Gasteiger partial charge in [-0.15, -0.1) is 0 Å². The summed E-state index contributed by atoms with van der Waals surface area (Å²) in [5, 5.41) is 9.66. The molecule has 1 amide bonds. The first-order chi connectivity index (χ1) is 14.8. The fraction of sp³-hybridized carbons (Fsp3) is 0.130. The Morgan fingerprint density at radius 2 is 1.55 bits per heavy atom. The highest BCUT2D eigenvalue weighted by Crippen LogP contribution is 2.22. The molecule has 1 atom stereocenters. The smallest absolute Gasteiger partial charge is 0.331 e. The molecular weight excluding hydrogens is 416 g/mol. The lowest BCUT2D eigenvalue weighted by Gasteiger charge is -2.25. The Morgan fingerprint density at radius 3 is 2.16 bits per heavy atom. The molecule has 7 nitrogen and oxygen atoms in total. The number of benzene rings is 3. The van der Waals surface area contributed by atoms with Crippen molar-refractivity contribution in [2.75, 3.05) is 7.05 Å². The highest BCUT2D eigenvalue weighted by atomic mass is 32.2. The standard InChI is InChI=1S/C23H22N2O5S/c1-25(21(23(27)28)18-11-6-3-7-12-18)22(26)19-13-8-14-20(15-19)31(29,30)24-16-17-9-4-2-5-10-17/h2-15,21,24H,16H2,1H3,(H,27,28). The van der Waals surface area contributed by atoms with E-state index in [4.69, 9.17) is 0 Å². The average Bonchev–Trinajstić information content (AvgIpc) is 2.78. The lowest BCUT2D eigenvalue weighted by molar-refractivity contribution is -0.142. The molecule has 3 aromatic rings. The molecule has 0 saturated carbocycles. The summed E-state index contributed by atoms with van der Waals surface area (Å²) in [6.45, 7) is 0.107. The second-order valence-corrected chi connectivity index (χ2v) is 8.67. The van der Waals surface area contributed by atoms with E-state index in [9.17, 15) is 23.1 Å². The summed E-state index contributed by atoms with van der Waals surface area (Å²) in [6.07, 6.45) is 0. The van der Waals surface area contributed by atoms with Crippen LogP contribution in [0.25, 0.3) is 0 Å². The van der Waals surface area contributed by atoms with Gasteiger partial charge in [-0.1, -0.05) is 66.7 Å². The van der Waals surface area contributed by atoms with Crippen molar-refractivity contribution in [2.45, 2.75) is 17.5 Å². The number of carboxylic acids is 1. The second kappa shape index (κ2) is 9.55. The third kappa shape index (κ3) is 5.36. The summed E-state index contributed by atoms with van der Waals surface area (Å²) in [6, 6.07) is 21.8. The predicted molar refractivity (Wildman–Crippen MR) is 116 cm³/mol. The van der Waals surface area contributed by atoms with Gasteiger partial charge in [-0.25, -0.2) is 17.9 Å². The van der Waals surface area contributed by atoms with Crippen LogP contribution in [0.5, 0.6) is 0 Å².